The standard InChI is InChI=1S/C9H11BrN4S/c1-14-5-6(4-12-14)8(13-11)9-7(10)2-3-15-9/h2-5,8,13H,11H2,1H3. The summed E-state index contributed by atoms with van der Waals surface area (Å²) in [6, 6.07) is 2.01. The predicted octanol–water partition coefficient (Wildman–Crippen LogP) is 1.80. The minimum Gasteiger partial charge on any atom is -0.275 e. The predicted molar refractivity (Wildman–Crippen MR) is 64.4 cm³/mol. The zero-order chi connectivity index (χ0) is 10.8. The van der Waals surface area contributed by atoms with E-state index < -0.39 is 0 Å². The summed E-state index contributed by atoms with van der Waals surface area (Å²) in [5.74, 6) is 5.57. The Morgan fingerprint density at radius 1 is 1.67 bits per heavy atom. The number of aromatic nitrogens is 2. The third-order valence-electron chi connectivity index (χ3n) is 2.13. The van der Waals surface area contributed by atoms with Crippen LogP contribution in [0.5, 0.6) is 0 Å². The molecule has 2 aromatic rings. The fourth-order valence-corrected chi connectivity index (χ4v) is 3.11. The fraction of sp³-hybridized carbons (Fsp3) is 0.222. The van der Waals surface area contributed by atoms with Gasteiger partial charge in [-0.2, -0.15) is 5.10 Å². The van der Waals surface area contributed by atoms with Crippen molar-refractivity contribution in [3.05, 3.63) is 38.8 Å². The van der Waals surface area contributed by atoms with E-state index in [1.165, 1.54) is 0 Å². The topological polar surface area (TPSA) is 55.9 Å². The molecule has 0 aromatic carbocycles. The summed E-state index contributed by atoms with van der Waals surface area (Å²) in [7, 11) is 1.89. The highest BCUT2D eigenvalue weighted by Crippen LogP contribution is 2.32. The lowest BCUT2D eigenvalue weighted by atomic mass is 10.1. The van der Waals surface area contributed by atoms with Gasteiger partial charge in [-0.15, -0.1) is 11.3 Å². The smallest absolute Gasteiger partial charge is 0.0844 e. The van der Waals surface area contributed by atoms with Crippen LogP contribution in [-0.2, 0) is 7.05 Å². The molecule has 6 heteroatoms. The average Bonchev–Trinajstić information content (AvgIpc) is 2.79. The lowest BCUT2D eigenvalue weighted by molar-refractivity contribution is 0.643. The maximum atomic E-state index is 5.57. The summed E-state index contributed by atoms with van der Waals surface area (Å²) in [4.78, 5) is 1.16. The first kappa shape index (κ1) is 10.8. The van der Waals surface area contributed by atoms with Crippen LogP contribution in [0, 0.1) is 0 Å². The normalized spacial score (nSPS) is 13.0. The lowest BCUT2D eigenvalue weighted by Crippen LogP contribution is -2.28. The van der Waals surface area contributed by atoms with Crippen LogP contribution in [-0.4, -0.2) is 9.78 Å². The van der Waals surface area contributed by atoms with E-state index in [0.717, 1.165) is 14.9 Å². The first-order valence-electron chi connectivity index (χ1n) is 4.40. The molecule has 0 aliphatic carbocycles. The summed E-state index contributed by atoms with van der Waals surface area (Å²) in [6.45, 7) is 0. The van der Waals surface area contributed by atoms with Crippen LogP contribution in [0.15, 0.2) is 28.3 Å². The molecular weight excluding hydrogens is 276 g/mol. The number of aryl methyl sites for hydroxylation is 1. The van der Waals surface area contributed by atoms with Crippen molar-refractivity contribution in [1.82, 2.24) is 15.2 Å². The summed E-state index contributed by atoms with van der Waals surface area (Å²) in [6.07, 6.45) is 3.77. The van der Waals surface area contributed by atoms with Crippen LogP contribution >= 0.6 is 27.3 Å². The fourth-order valence-electron chi connectivity index (χ4n) is 1.42. The van der Waals surface area contributed by atoms with Gasteiger partial charge in [-0.05, 0) is 27.4 Å². The van der Waals surface area contributed by atoms with Crippen LogP contribution in [0.3, 0.4) is 0 Å². The lowest BCUT2D eigenvalue weighted by Gasteiger charge is -2.12. The van der Waals surface area contributed by atoms with E-state index in [-0.39, 0.29) is 6.04 Å². The van der Waals surface area contributed by atoms with Crippen LogP contribution < -0.4 is 11.3 Å². The van der Waals surface area contributed by atoms with Gasteiger partial charge in [-0.1, -0.05) is 0 Å². The molecule has 15 heavy (non-hydrogen) atoms. The monoisotopic (exact) mass is 286 g/mol. The molecule has 0 saturated heterocycles. The molecule has 0 aliphatic heterocycles. The van der Waals surface area contributed by atoms with Gasteiger partial charge in [-0.3, -0.25) is 10.5 Å². The minimum absolute atomic E-state index is 0.00641. The molecule has 2 heterocycles. The van der Waals surface area contributed by atoms with Gasteiger partial charge in [0, 0.05) is 28.2 Å². The molecule has 1 atom stereocenters. The van der Waals surface area contributed by atoms with E-state index in [1.54, 1.807) is 16.0 Å². The zero-order valence-electron chi connectivity index (χ0n) is 8.14. The van der Waals surface area contributed by atoms with Crippen molar-refractivity contribution in [3.63, 3.8) is 0 Å². The summed E-state index contributed by atoms with van der Waals surface area (Å²) in [5.41, 5.74) is 3.86. The molecule has 80 valence electrons. The van der Waals surface area contributed by atoms with Gasteiger partial charge in [0.15, 0.2) is 0 Å². The number of thiophene rings is 1. The Kier molecular flexibility index (Phi) is 3.20. The number of nitrogens with zero attached hydrogens (tertiary/aromatic N) is 2. The Hall–Kier alpha value is -0.690. The first-order chi connectivity index (χ1) is 7.22. The number of nitrogens with one attached hydrogen (secondary N) is 1. The van der Waals surface area contributed by atoms with Crippen LogP contribution in [0.4, 0.5) is 0 Å². The summed E-state index contributed by atoms with van der Waals surface area (Å²) < 4.78 is 2.83. The molecule has 0 saturated carbocycles. The first-order valence-corrected chi connectivity index (χ1v) is 6.07. The molecule has 0 amide bonds. The highest BCUT2D eigenvalue weighted by atomic mass is 79.9. The second-order valence-corrected chi connectivity index (χ2v) is 4.98. The maximum absolute atomic E-state index is 5.57. The van der Waals surface area contributed by atoms with Crippen LogP contribution in [0.1, 0.15) is 16.5 Å². The Balaban J connectivity index is 2.36. The quantitative estimate of drug-likeness (QED) is 0.668. The Morgan fingerprint density at radius 2 is 2.47 bits per heavy atom. The number of nitrogens with two attached hydrogens (primary N) is 1. The molecule has 0 bridgehead atoms. The number of hydrogen-bond acceptors (Lipinski definition) is 4. The number of rotatable bonds is 3. The molecule has 0 spiro atoms. The van der Waals surface area contributed by atoms with E-state index >= 15 is 0 Å². The van der Waals surface area contributed by atoms with E-state index in [2.05, 4.69) is 26.5 Å². The van der Waals surface area contributed by atoms with Gasteiger partial charge in [0.05, 0.1) is 12.2 Å². The number of halogens is 1. The zero-order valence-corrected chi connectivity index (χ0v) is 10.5. The van der Waals surface area contributed by atoms with Gasteiger partial charge in [0.1, 0.15) is 0 Å². The minimum atomic E-state index is -0.00641. The molecule has 4 nitrogen and oxygen atoms in total. The Bertz CT molecular complexity index is 450. The third-order valence-corrected chi connectivity index (χ3v) is 4.07. The van der Waals surface area contributed by atoms with Gasteiger partial charge >= 0.3 is 0 Å². The van der Waals surface area contributed by atoms with Gasteiger partial charge in [0.25, 0.3) is 0 Å². The highest BCUT2D eigenvalue weighted by molar-refractivity contribution is 9.10. The summed E-state index contributed by atoms with van der Waals surface area (Å²) >= 11 is 5.16. The van der Waals surface area contributed by atoms with Gasteiger partial charge in [0.2, 0.25) is 0 Å². The van der Waals surface area contributed by atoms with E-state index in [9.17, 15) is 0 Å². The van der Waals surface area contributed by atoms with Crippen molar-refractivity contribution in [2.24, 2.45) is 12.9 Å². The molecule has 0 fully saturated rings. The molecule has 2 aromatic heterocycles. The second-order valence-electron chi connectivity index (χ2n) is 3.18. The second kappa shape index (κ2) is 4.44. The number of hydrogen-bond donors (Lipinski definition) is 2. The van der Waals surface area contributed by atoms with Gasteiger partial charge in [-0.25, -0.2) is 5.43 Å². The van der Waals surface area contributed by atoms with E-state index in [4.69, 9.17) is 5.84 Å². The maximum Gasteiger partial charge on any atom is 0.0844 e. The van der Waals surface area contributed by atoms with Crippen molar-refractivity contribution >= 4 is 27.3 Å². The average molecular weight is 287 g/mol. The molecule has 1 unspecified atom stereocenters. The van der Waals surface area contributed by atoms with Crippen LogP contribution in [0.25, 0.3) is 0 Å². The molecular formula is C9H11BrN4S. The van der Waals surface area contributed by atoms with Gasteiger partial charge < -0.3 is 0 Å². The Labute approximate surface area is 100 Å². The van der Waals surface area contributed by atoms with E-state index in [1.807, 2.05) is 30.9 Å². The van der Waals surface area contributed by atoms with Crippen LogP contribution in [0.2, 0.25) is 0 Å². The molecule has 2 rings (SSSR count). The number of hydrazine groups is 1. The molecule has 3 N–H and O–H groups in total. The largest absolute Gasteiger partial charge is 0.275 e. The highest BCUT2D eigenvalue weighted by Gasteiger charge is 2.17. The van der Waals surface area contributed by atoms with Crippen molar-refractivity contribution in [2.75, 3.05) is 0 Å². The Morgan fingerprint density at radius 3 is 2.93 bits per heavy atom. The van der Waals surface area contributed by atoms with E-state index in [0.29, 0.717) is 0 Å². The van der Waals surface area contributed by atoms with Crippen molar-refractivity contribution < 1.29 is 0 Å². The SMILES string of the molecule is Cn1cc(C(NN)c2sccc2Br)cn1. The van der Waals surface area contributed by atoms with Crippen molar-refractivity contribution in [3.8, 4) is 0 Å². The molecule has 0 radical (unpaired) electrons. The van der Waals surface area contributed by atoms with Crippen molar-refractivity contribution in [2.45, 2.75) is 6.04 Å². The summed E-state index contributed by atoms with van der Waals surface area (Å²) in [5, 5.41) is 6.16. The van der Waals surface area contributed by atoms with Crippen molar-refractivity contribution in [1.29, 1.82) is 0 Å². The molecule has 0 aliphatic rings. The third kappa shape index (κ3) is 2.12.